The van der Waals surface area contributed by atoms with E-state index in [-0.39, 0.29) is 32.5 Å². The maximum absolute atomic E-state index is 12.8. The molecule has 3 aromatic carbocycles. The van der Waals surface area contributed by atoms with E-state index in [9.17, 15) is 13.2 Å². The molecule has 10 heteroatoms. The van der Waals surface area contributed by atoms with Gasteiger partial charge in [-0.3, -0.25) is 14.4 Å². The molecule has 1 fully saturated rings. The second-order valence-electron chi connectivity index (χ2n) is 8.40. The van der Waals surface area contributed by atoms with Crippen molar-refractivity contribution in [3.63, 3.8) is 0 Å². The second kappa shape index (κ2) is 11.2. The van der Waals surface area contributed by atoms with E-state index in [1.807, 2.05) is 24.3 Å². The molecule has 1 heterocycles. The van der Waals surface area contributed by atoms with Crippen molar-refractivity contribution in [1.29, 1.82) is 0 Å². The summed E-state index contributed by atoms with van der Waals surface area (Å²) in [6.45, 7) is 2.49. The van der Waals surface area contributed by atoms with Crippen LogP contribution in [-0.4, -0.2) is 32.3 Å². The first kappa shape index (κ1) is 25.8. The fourth-order valence-electron chi connectivity index (χ4n) is 3.95. The molecule has 1 aliphatic heterocycles. The number of carbonyl (C=O) groups is 1. The predicted octanol–water partition coefficient (Wildman–Crippen LogP) is 6.30. The molecule has 0 radical (unpaired) electrons. The van der Waals surface area contributed by atoms with Crippen molar-refractivity contribution < 1.29 is 13.2 Å². The normalized spacial score (nSPS) is 15.1. The van der Waals surface area contributed by atoms with Gasteiger partial charge in [-0.15, -0.1) is 0 Å². The van der Waals surface area contributed by atoms with Crippen LogP contribution in [0.3, 0.4) is 0 Å². The minimum atomic E-state index is -3.87. The highest BCUT2D eigenvalue weighted by Gasteiger charge is 2.25. The first-order valence-corrected chi connectivity index (χ1v) is 13.7. The zero-order chi connectivity index (χ0) is 25.0. The third-order valence-corrected chi connectivity index (χ3v) is 8.36. The number of anilines is 2. The standard InChI is InChI=1S/C25H24Cl3N3O3S/c26-19-6-4-17(5-7-19)16-31-14-12-18(13-15-31)25(32)29-20-8-10-21(11-9-20)35(33,34)30-23-3-1-2-22(27)24(23)28/h1-11,18,30H,12-16H2,(H,29,32). The number of sulfonamides is 1. The molecular weight excluding hydrogens is 529 g/mol. The third kappa shape index (κ3) is 6.68. The molecule has 3 aromatic rings. The molecule has 6 nitrogen and oxygen atoms in total. The maximum Gasteiger partial charge on any atom is 0.261 e. The summed E-state index contributed by atoms with van der Waals surface area (Å²) in [4.78, 5) is 15.1. The summed E-state index contributed by atoms with van der Waals surface area (Å²) in [5.41, 5.74) is 1.93. The van der Waals surface area contributed by atoms with Crippen LogP contribution < -0.4 is 10.0 Å². The van der Waals surface area contributed by atoms with Gasteiger partial charge in [-0.1, -0.05) is 53.0 Å². The minimum absolute atomic E-state index is 0.0436. The topological polar surface area (TPSA) is 78.5 Å². The molecule has 0 spiro atoms. The predicted molar refractivity (Wildman–Crippen MR) is 142 cm³/mol. The molecule has 184 valence electrons. The van der Waals surface area contributed by atoms with Crippen LogP contribution in [0.2, 0.25) is 15.1 Å². The van der Waals surface area contributed by atoms with Crippen molar-refractivity contribution in [1.82, 2.24) is 4.90 Å². The number of hydrogen-bond donors (Lipinski definition) is 2. The number of nitrogens with zero attached hydrogens (tertiary/aromatic N) is 1. The largest absolute Gasteiger partial charge is 0.326 e. The van der Waals surface area contributed by atoms with Crippen molar-refractivity contribution in [3.8, 4) is 0 Å². The molecule has 1 saturated heterocycles. The number of hydrogen-bond acceptors (Lipinski definition) is 4. The van der Waals surface area contributed by atoms with Crippen LogP contribution in [0, 0.1) is 5.92 Å². The Labute approximate surface area is 220 Å². The average Bonchev–Trinajstić information content (AvgIpc) is 2.84. The lowest BCUT2D eigenvalue weighted by atomic mass is 9.95. The molecule has 2 N–H and O–H groups in total. The van der Waals surface area contributed by atoms with Gasteiger partial charge in [-0.2, -0.15) is 0 Å². The number of carbonyl (C=O) groups excluding carboxylic acids is 1. The van der Waals surface area contributed by atoms with Gasteiger partial charge in [-0.25, -0.2) is 8.42 Å². The molecule has 1 amide bonds. The van der Waals surface area contributed by atoms with Crippen molar-refractivity contribution in [3.05, 3.63) is 87.4 Å². The van der Waals surface area contributed by atoms with Crippen molar-refractivity contribution in [2.75, 3.05) is 23.1 Å². The van der Waals surface area contributed by atoms with E-state index in [1.165, 1.54) is 23.8 Å². The third-order valence-electron chi connectivity index (χ3n) is 5.91. The van der Waals surface area contributed by atoms with E-state index in [0.29, 0.717) is 5.69 Å². The van der Waals surface area contributed by atoms with Gasteiger partial charge >= 0.3 is 0 Å². The van der Waals surface area contributed by atoms with Crippen LogP contribution in [0.4, 0.5) is 11.4 Å². The summed E-state index contributed by atoms with van der Waals surface area (Å²) >= 11 is 18.0. The van der Waals surface area contributed by atoms with E-state index in [4.69, 9.17) is 34.8 Å². The lowest BCUT2D eigenvalue weighted by molar-refractivity contribution is -0.121. The Morgan fingerprint density at radius 1 is 0.914 bits per heavy atom. The summed E-state index contributed by atoms with van der Waals surface area (Å²) in [5, 5.41) is 4.00. The highest BCUT2D eigenvalue weighted by molar-refractivity contribution is 7.92. The van der Waals surface area contributed by atoms with Gasteiger partial charge in [0.2, 0.25) is 5.91 Å². The molecule has 0 atom stereocenters. The Hall–Kier alpha value is -2.29. The summed E-state index contributed by atoms with van der Waals surface area (Å²) in [6.07, 6.45) is 1.52. The quantitative estimate of drug-likeness (QED) is 0.361. The van der Waals surface area contributed by atoms with Crippen molar-refractivity contribution >= 4 is 62.1 Å². The highest BCUT2D eigenvalue weighted by atomic mass is 35.5. The lowest BCUT2D eigenvalue weighted by Gasteiger charge is -2.31. The van der Waals surface area contributed by atoms with Gasteiger partial charge in [0.1, 0.15) is 0 Å². The number of rotatable bonds is 7. The lowest BCUT2D eigenvalue weighted by Crippen LogP contribution is -2.37. The maximum atomic E-state index is 12.8. The van der Waals surface area contributed by atoms with Crippen LogP contribution in [0.5, 0.6) is 0 Å². The molecule has 0 aromatic heterocycles. The molecule has 0 unspecified atom stereocenters. The zero-order valence-corrected chi connectivity index (χ0v) is 21.8. The van der Waals surface area contributed by atoms with E-state index in [0.717, 1.165) is 37.5 Å². The Morgan fingerprint density at radius 3 is 2.23 bits per heavy atom. The van der Waals surface area contributed by atoms with Gasteiger partial charge in [0.05, 0.1) is 20.6 Å². The molecule has 0 aliphatic carbocycles. The minimum Gasteiger partial charge on any atom is -0.326 e. The van der Waals surface area contributed by atoms with Gasteiger partial charge in [-0.05, 0) is 80.0 Å². The van der Waals surface area contributed by atoms with Crippen molar-refractivity contribution in [2.45, 2.75) is 24.3 Å². The fraction of sp³-hybridized carbons (Fsp3) is 0.240. The Bertz CT molecular complexity index is 1290. The van der Waals surface area contributed by atoms with E-state index < -0.39 is 10.0 Å². The smallest absolute Gasteiger partial charge is 0.261 e. The van der Waals surface area contributed by atoms with Gasteiger partial charge < -0.3 is 5.32 Å². The summed E-state index contributed by atoms with van der Waals surface area (Å²) < 4.78 is 27.9. The van der Waals surface area contributed by atoms with Crippen LogP contribution >= 0.6 is 34.8 Å². The second-order valence-corrected chi connectivity index (χ2v) is 11.3. The number of halogens is 3. The number of nitrogens with one attached hydrogen (secondary N) is 2. The molecule has 4 rings (SSSR count). The summed E-state index contributed by atoms with van der Waals surface area (Å²) in [7, 11) is -3.87. The van der Waals surface area contributed by atoms with E-state index in [2.05, 4.69) is 14.9 Å². The molecule has 0 saturated carbocycles. The number of amides is 1. The van der Waals surface area contributed by atoms with E-state index in [1.54, 1.807) is 24.3 Å². The van der Waals surface area contributed by atoms with Gasteiger partial charge in [0, 0.05) is 23.2 Å². The molecule has 35 heavy (non-hydrogen) atoms. The highest BCUT2D eigenvalue weighted by Crippen LogP contribution is 2.31. The van der Waals surface area contributed by atoms with Crippen LogP contribution in [-0.2, 0) is 21.4 Å². The fourth-order valence-corrected chi connectivity index (χ4v) is 5.55. The van der Waals surface area contributed by atoms with Crippen LogP contribution in [0.15, 0.2) is 71.6 Å². The monoisotopic (exact) mass is 551 g/mol. The number of likely N-dealkylation sites (tertiary alicyclic amines) is 1. The van der Waals surface area contributed by atoms with Crippen LogP contribution in [0.25, 0.3) is 0 Å². The molecular formula is C25H24Cl3N3O3S. The Balaban J connectivity index is 1.31. The van der Waals surface area contributed by atoms with Crippen molar-refractivity contribution in [2.24, 2.45) is 5.92 Å². The number of piperidine rings is 1. The Kier molecular flexibility index (Phi) is 8.24. The zero-order valence-electron chi connectivity index (χ0n) is 18.7. The van der Waals surface area contributed by atoms with Gasteiger partial charge in [0.15, 0.2) is 0 Å². The first-order valence-electron chi connectivity index (χ1n) is 11.1. The Morgan fingerprint density at radius 2 is 1.57 bits per heavy atom. The summed E-state index contributed by atoms with van der Waals surface area (Å²) in [5.74, 6) is -0.151. The number of benzene rings is 3. The first-order chi connectivity index (χ1) is 16.7. The average molecular weight is 553 g/mol. The molecule has 1 aliphatic rings. The van der Waals surface area contributed by atoms with E-state index >= 15 is 0 Å². The van der Waals surface area contributed by atoms with Crippen LogP contribution in [0.1, 0.15) is 18.4 Å². The SMILES string of the molecule is O=C(Nc1ccc(S(=O)(=O)Nc2cccc(Cl)c2Cl)cc1)C1CCN(Cc2ccc(Cl)cc2)CC1. The van der Waals surface area contributed by atoms with Gasteiger partial charge in [0.25, 0.3) is 10.0 Å². The summed E-state index contributed by atoms with van der Waals surface area (Å²) in [6, 6.07) is 18.5. The molecule has 0 bridgehead atoms.